The highest BCUT2D eigenvalue weighted by atomic mass is 32.2. The van der Waals surface area contributed by atoms with E-state index < -0.39 is 10.0 Å². The SMILES string of the molecule is Cc1ccc(S(=O)(=O)N(CC(=O)NC(C)c2ccc(C)cc2C)c2cccc(C)c2)cc1. The number of anilines is 1. The van der Waals surface area contributed by atoms with Gasteiger partial charge >= 0.3 is 0 Å². The van der Waals surface area contributed by atoms with Crippen LogP contribution in [0.15, 0.2) is 71.6 Å². The molecule has 1 unspecified atom stereocenters. The molecule has 1 atom stereocenters. The van der Waals surface area contributed by atoms with Crippen molar-refractivity contribution in [3.05, 3.63) is 94.5 Å². The van der Waals surface area contributed by atoms with Gasteiger partial charge in [-0.3, -0.25) is 9.10 Å². The first-order chi connectivity index (χ1) is 15.1. The molecule has 0 heterocycles. The Bertz CT molecular complexity index is 1220. The van der Waals surface area contributed by atoms with Crippen LogP contribution in [0.5, 0.6) is 0 Å². The molecule has 0 aliphatic rings. The van der Waals surface area contributed by atoms with Gasteiger partial charge in [-0.05, 0) is 75.6 Å². The molecule has 0 fully saturated rings. The summed E-state index contributed by atoms with van der Waals surface area (Å²) in [7, 11) is -3.92. The summed E-state index contributed by atoms with van der Waals surface area (Å²) in [6.07, 6.45) is 0. The first kappa shape index (κ1) is 23.5. The Balaban J connectivity index is 1.90. The molecule has 0 aliphatic carbocycles. The third kappa shape index (κ3) is 5.37. The second-order valence-corrected chi connectivity index (χ2v) is 10.2. The Morgan fingerprint density at radius 2 is 1.50 bits per heavy atom. The molecule has 0 radical (unpaired) electrons. The van der Waals surface area contributed by atoms with Crippen molar-refractivity contribution < 1.29 is 13.2 Å². The standard InChI is InChI=1S/C26H30N2O3S/c1-18-9-12-24(13-10-18)32(30,31)28(23-8-6-7-19(2)16-23)17-26(29)27-22(5)25-14-11-20(3)15-21(25)4/h6-16,22H,17H2,1-5H3,(H,27,29). The Hall–Kier alpha value is -3.12. The van der Waals surface area contributed by atoms with Crippen molar-refractivity contribution in [2.75, 3.05) is 10.8 Å². The molecular weight excluding hydrogens is 420 g/mol. The van der Waals surface area contributed by atoms with E-state index >= 15 is 0 Å². The number of amides is 1. The summed E-state index contributed by atoms with van der Waals surface area (Å²) < 4.78 is 28.1. The van der Waals surface area contributed by atoms with Crippen molar-refractivity contribution >= 4 is 21.6 Å². The Labute approximate surface area is 191 Å². The number of hydrogen-bond acceptors (Lipinski definition) is 3. The highest BCUT2D eigenvalue weighted by Crippen LogP contribution is 2.25. The summed E-state index contributed by atoms with van der Waals surface area (Å²) in [5.41, 5.74) is 5.58. The fraction of sp³-hybridized carbons (Fsp3) is 0.269. The van der Waals surface area contributed by atoms with Crippen molar-refractivity contribution in [2.45, 2.75) is 45.6 Å². The van der Waals surface area contributed by atoms with Crippen LogP contribution in [-0.4, -0.2) is 20.9 Å². The summed E-state index contributed by atoms with van der Waals surface area (Å²) >= 11 is 0. The lowest BCUT2D eigenvalue weighted by molar-refractivity contribution is -0.120. The zero-order valence-corrected chi connectivity index (χ0v) is 20.0. The van der Waals surface area contributed by atoms with E-state index in [4.69, 9.17) is 0 Å². The predicted molar refractivity (Wildman–Crippen MR) is 129 cm³/mol. The van der Waals surface area contributed by atoms with Gasteiger partial charge in [0, 0.05) is 0 Å². The first-order valence-corrected chi connectivity index (χ1v) is 12.0. The number of nitrogens with zero attached hydrogens (tertiary/aromatic N) is 1. The lowest BCUT2D eigenvalue weighted by atomic mass is 10.0. The van der Waals surface area contributed by atoms with E-state index in [0.29, 0.717) is 5.69 Å². The Morgan fingerprint density at radius 3 is 2.12 bits per heavy atom. The third-order valence-corrected chi connectivity index (χ3v) is 7.24. The molecule has 1 amide bonds. The van der Waals surface area contributed by atoms with Gasteiger partial charge < -0.3 is 5.32 Å². The molecule has 168 valence electrons. The summed E-state index contributed by atoms with van der Waals surface area (Å²) in [6.45, 7) is 9.41. The van der Waals surface area contributed by atoms with Gasteiger partial charge in [-0.2, -0.15) is 0 Å². The van der Waals surface area contributed by atoms with Crippen LogP contribution in [-0.2, 0) is 14.8 Å². The van der Waals surface area contributed by atoms with Gasteiger partial charge in [-0.1, -0.05) is 53.6 Å². The van der Waals surface area contributed by atoms with Gasteiger partial charge in [0.15, 0.2) is 0 Å². The molecule has 0 saturated carbocycles. The Kier molecular flexibility index (Phi) is 7.04. The molecule has 0 saturated heterocycles. The van der Waals surface area contributed by atoms with E-state index in [2.05, 4.69) is 11.4 Å². The number of hydrogen-bond donors (Lipinski definition) is 1. The second kappa shape index (κ2) is 9.57. The molecule has 0 aromatic heterocycles. The molecule has 3 rings (SSSR count). The summed E-state index contributed by atoms with van der Waals surface area (Å²) in [6, 6.07) is 19.6. The number of rotatable bonds is 7. The highest BCUT2D eigenvalue weighted by molar-refractivity contribution is 7.92. The monoisotopic (exact) mass is 450 g/mol. The molecule has 5 nitrogen and oxygen atoms in total. The van der Waals surface area contributed by atoms with Crippen molar-refractivity contribution in [3.8, 4) is 0 Å². The fourth-order valence-electron chi connectivity index (χ4n) is 3.74. The van der Waals surface area contributed by atoms with Crippen LogP contribution in [0, 0.1) is 27.7 Å². The second-order valence-electron chi connectivity index (χ2n) is 8.31. The minimum absolute atomic E-state index is 0.153. The lowest BCUT2D eigenvalue weighted by Crippen LogP contribution is -2.41. The molecule has 1 N–H and O–H groups in total. The molecule has 3 aromatic rings. The first-order valence-electron chi connectivity index (χ1n) is 10.6. The molecule has 0 spiro atoms. The number of aryl methyl sites for hydroxylation is 4. The lowest BCUT2D eigenvalue weighted by Gasteiger charge is -2.26. The maximum Gasteiger partial charge on any atom is 0.264 e. The number of carbonyl (C=O) groups is 1. The average Bonchev–Trinajstić information content (AvgIpc) is 2.72. The molecule has 32 heavy (non-hydrogen) atoms. The van der Waals surface area contributed by atoms with E-state index in [9.17, 15) is 13.2 Å². The summed E-state index contributed by atoms with van der Waals surface area (Å²) in [4.78, 5) is 13.1. The van der Waals surface area contributed by atoms with Crippen LogP contribution in [0.2, 0.25) is 0 Å². The average molecular weight is 451 g/mol. The smallest absolute Gasteiger partial charge is 0.264 e. The normalized spacial score (nSPS) is 12.3. The maximum atomic E-state index is 13.5. The van der Waals surface area contributed by atoms with E-state index in [1.165, 1.54) is 4.31 Å². The topological polar surface area (TPSA) is 66.5 Å². The maximum absolute atomic E-state index is 13.5. The molecule has 3 aromatic carbocycles. The van der Waals surface area contributed by atoms with Gasteiger partial charge in [0.2, 0.25) is 5.91 Å². The predicted octanol–water partition coefficient (Wildman–Crippen LogP) is 4.99. The minimum Gasteiger partial charge on any atom is -0.348 e. The third-order valence-electron chi connectivity index (χ3n) is 5.46. The van der Waals surface area contributed by atoms with E-state index in [0.717, 1.165) is 27.8 Å². The van der Waals surface area contributed by atoms with Crippen LogP contribution in [0.1, 0.15) is 40.8 Å². The summed E-state index contributed by atoms with van der Waals surface area (Å²) in [5.74, 6) is -0.366. The molecule has 6 heteroatoms. The van der Waals surface area contributed by atoms with Crippen LogP contribution in [0.3, 0.4) is 0 Å². The van der Waals surface area contributed by atoms with Crippen LogP contribution in [0.25, 0.3) is 0 Å². The Morgan fingerprint density at radius 1 is 0.875 bits per heavy atom. The van der Waals surface area contributed by atoms with Crippen molar-refractivity contribution in [1.82, 2.24) is 5.32 Å². The minimum atomic E-state index is -3.92. The van der Waals surface area contributed by atoms with Crippen LogP contribution in [0.4, 0.5) is 5.69 Å². The van der Waals surface area contributed by atoms with Gasteiger partial charge in [0.05, 0.1) is 16.6 Å². The van der Waals surface area contributed by atoms with Crippen molar-refractivity contribution in [1.29, 1.82) is 0 Å². The fourth-order valence-corrected chi connectivity index (χ4v) is 5.16. The number of carbonyl (C=O) groups excluding carboxylic acids is 1. The quantitative estimate of drug-likeness (QED) is 0.551. The van der Waals surface area contributed by atoms with Crippen LogP contribution < -0.4 is 9.62 Å². The number of benzene rings is 3. The molecular formula is C26H30N2O3S. The summed E-state index contributed by atoms with van der Waals surface area (Å²) in [5, 5.41) is 2.96. The largest absolute Gasteiger partial charge is 0.348 e. The van der Waals surface area contributed by atoms with Gasteiger partial charge in [-0.15, -0.1) is 0 Å². The zero-order valence-electron chi connectivity index (χ0n) is 19.2. The van der Waals surface area contributed by atoms with Gasteiger partial charge in [0.1, 0.15) is 6.54 Å². The highest BCUT2D eigenvalue weighted by Gasteiger charge is 2.28. The zero-order chi connectivity index (χ0) is 23.5. The van der Waals surface area contributed by atoms with Crippen molar-refractivity contribution in [2.24, 2.45) is 0 Å². The molecule has 0 bridgehead atoms. The number of nitrogens with one attached hydrogen (secondary N) is 1. The van der Waals surface area contributed by atoms with E-state index in [-0.39, 0.29) is 23.4 Å². The van der Waals surface area contributed by atoms with E-state index in [1.54, 1.807) is 42.5 Å². The van der Waals surface area contributed by atoms with E-state index in [1.807, 2.05) is 52.8 Å². The van der Waals surface area contributed by atoms with Gasteiger partial charge in [0.25, 0.3) is 10.0 Å². The van der Waals surface area contributed by atoms with Crippen LogP contribution >= 0.6 is 0 Å². The van der Waals surface area contributed by atoms with Crippen molar-refractivity contribution in [3.63, 3.8) is 0 Å². The van der Waals surface area contributed by atoms with Gasteiger partial charge in [-0.25, -0.2) is 8.42 Å². The molecule has 0 aliphatic heterocycles. The number of sulfonamides is 1.